The highest BCUT2D eigenvalue weighted by molar-refractivity contribution is 7.80. The normalized spacial score (nSPS) is 19.0. The number of hydrogen-bond acceptors (Lipinski definition) is 4. The summed E-state index contributed by atoms with van der Waals surface area (Å²) in [6.45, 7) is 3.63. The maximum absolute atomic E-state index is 12.3. The first-order valence-corrected chi connectivity index (χ1v) is 9.45. The van der Waals surface area contributed by atoms with Crippen LogP contribution in [0.25, 0.3) is 0 Å². The quantitative estimate of drug-likeness (QED) is 0.358. The summed E-state index contributed by atoms with van der Waals surface area (Å²) in [5.74, 6) is -0.267. The molecule has 1 rings (SSSR count). The molecule has 0 aromatic rings. The van der Waals surface area contributed by atoms with E-state index in [4.69, 9.17) is 18.0 Å². The SMILES string of the molecule is BCNC(=S)[C@H](CC)NC(=O)[C@H](C)NC(=O)[C@@H](N)C1CCCCC1. The summed E-state index contributed by atoms with van der Waals surface area (Å²) in [6, 6.07) is -1.39. The van der Waals surface area contributed by atoms with Crippen LogP contribution in [0.1, 0.15) is 52.4 Å². The lowest BCUT2D eigenvalue weighted by Crippen LogP contribution is -2.55. The highest BCUT2D eigenvalue weighted by atomic mass is 32.1. The molecule has 2 amide bonds. The van der Waals surface area contributed by atoms with Crippen molar-refractivity contribution in [1.82, 2.24) is 16.0 Å². The molecule has 0 bridgehead atoms. The monoisotopic (exact) mass is 354 g/mol. The number of hydrogen-bond donors (Lipinski definition) is 4. The molecule has 1 aliphatic rings. The maximum atomic E-state index is 12.3. The fourth-order valence-corrected chi connectivity index (χ4v) is 3.40. The van der Waals surface area contributed by atoms with E-state index in [1.807, 2.05) is 14.8 Å². The maximum Gasteiger partial charge on any atom is 0.242 e. The molecule has 6 nitrogen and oxygen atoms in total. The summed E-state index contributed by atoms with van der Waals surface area (Å²) >= 11 is 5.26. The van der Waals surface area contributed by atoms with Gasteiger partial charge in [0, 0.05) is 0 Å². The Hall–Kier alpha value is -1.15. The van der Waals surface area contributed by atoms with E-state index in [0.29, 0.717) is 17.9 Å². The number of carbonyl (C=O) groups excluding carboxylic acids is 2. The fourth-order valence-electron chi connectivity index (χ4n) is 3.03. The molecule has 0 aromatic carbocycles. The number of amides is 2. The van der Waals surface area contributed by atoms with Gasteiger partial charge in [-0.05, 0) is 38.5 Å². The Bertz CT molecular complexity index is 444. The topological polar surface area (TPSA) is 96.2 Å². The Kier molecular flexibility index (Phi) is 9.29. The number of rotatable bonds is 8. The molecule has 3 atom stereocenters. The summed E-state index contributed by atoms with van der Waals surface area (Å²) in [5.41, 5.74) is 6.08. The Balaban J connectivity index is 2.49. The summed E-state index contributed by atoms with van der Waals surface area (Å²) < 4.78 is 0. The minimum absolute atomic E-state index is 0.221. The van der Waals surface area contributed by atoms with Crippen molar-refractivity contribution in [2.24, 2.45) is 11.7 Å². The average molecular weight is 354 g/mol. The van der Waals surface area contributed by atoms with E-state index < -0.39 is 12.1 Å². The molecule has 1 fully saturated rings. The van der Waals surface area contributed by atoms with Crippen LogP contribution in [0.15, 0.2) is 0 Å². The van der Waals surface area contributed by atoms with Crippen LogP contribution in [-0.4, -0.2) is 49.2 Å². The molecular weight excluding hydrogens is 323 g/mol. The molecule has 0 heterocycles. The molecule has 0 aliphatic heterocycles. The second kappa shape index (κ2) is 10.7. The lowest BCUT2D eigenvalue weighted by Gasteiger charge is -2.28. The van der Waals surface area contributed by atoms with Crippen molar-refractivity contribution in [2.75, 3.05) is 6.44 Å². The molecule has 0 unspecified atom stereocenters. The molecule has 0 radical (unpaired) electrons. The van der Waals surface area contributed by atoms with Crippen molar-refractivity contribution in [3.8, 4) is 0 Å². The van der Waals surface area contributed by atoms with E-state index in [-0.39, 0.29) is 23.8 Å². The second-order valence-electron chi connectivity index (χ2n) is 6.52. The van der Waals surface area contributed by atoms with E-state index in [1.54, 1.807) is 6.92 Å². The molecule has 24 heavy (non-hydrogen) atoms. The highest BCUT2D eigenvalue weighted by Crippen LogP contribution is 2.25. The Labute approximate surface area is 151 Å². The first-order chi connectivity index (χ1) is 11.4. The van der Waals surface area contributed by atoms with Gasteiger partial charge in [-0.1, -0.05) is 38.4 Å². The van der Waals surface area contributed by atoms with E-state index in [9.17, 15) is 9.59 Å². The summed E-state index contributed by atoms with van der Waals surface area (Å²) in [4.78, 5) is 25.2. The summed E-state index contributed by atoms with van der Waals surface area (Å²) in [6.07, 6.45) is 6.86. The van der Waals surface area contributed by atoms with Gasteiger partial charge in [0.15, 0.2) is 0 Å². The van der Waals surface area contributed by atoms with Crippen molar-refractivity contribution in [3.05, 3.63) is 0 Å². The molecule has 8 heteroatoms. The number of nitrogens with two attached hydrogens (primary N) is 1. The zero-order valence-corrected chi connectivity index (χ0v) is 15.9. The first kappa shape index (κ1) is 20.9. The zero-order chi connectivity index (χ0) is 18.1. The molecule has 0 aromatic heterocycles. The van der Waals surface area contributed by atoms with E-state index in [1.165, 1.54) is 6.42 Å². The third kappa shape index (κ3) is 6.40. The van der Waals surface area contributed by atoms with Gasteiger partial charge in [0.1, 0.15) is 13.9 Å². The van der Waals surface area contributed by atoms with Crippen LogP contribution in [0.5, 0.6) is 0 Å². The third-order valence-electron chi connectivity index (χ3n) is 4.60. The van der Waals surface area contributed by atoms with Gasteiger partial charge in [0.05, 0.1) is 17.1 Å². The van der Waals surface area contributed by atoms with Crippen molar-refractivity contribution in [3.63, 3.8) is 0 Å². The second-order valence-corrected chi connectivity index (χ2v) is 6.96. The average Bonchev–Trinajstić information content (AvgIpc) is 2.59. The summed E-state index contributed by atoms with van der Waals surface area (Å²) in [7, 11) is 1.95. The van der Waals surface area contributed by atoms with E-state index in [2.05, 4.69) is 16.0 Å². The van der Waals surface area contributed by atoms with E-state index in [0.717, 1.165) is 25.7 Å². The molecule has 0 saturated heterocycles. The number of carbonyl (C=O) groups is 2. The molecule has 5 N–H and O–H groups in total. The lowest BCUT2D eigenvalue weighted by atomic mass is 9.84. The minimum Gasteiger partial charge on any atom is -0.386 e. The highest BCUT2D eigenvalue weighted by Gasteiger charge is 2.28. The first-order valence-electron chi connectivity index (χ1n) is 9.04. The lowest BCUT2D eigenvalue weighted by molar-refractivity contribution is -0.130. The van der Waals surface area contributed by atoms with Crippen LogP contribution >= 0.6 is 12.2 Å². The predicted octanol–water partition coefficient (Wildman–Crippen LogP) is -0.199. The van der Waals surface area contributed by atoms with Gasteiger partial charge in [-0.3, -0.25) is 9.59 Å². The van der Waals surface area contributed by atoms with Crippen molar-refractivity contribution < 1.29 is 9.59 Å². The smallest absolute Gasteiger partial charge is 0.242 e. The van der Waals surface area contributed by atoms with Crippen LogP contribution < -0.4 is 21.7 Å². The van der Waals surface area contributed by atoms with Crippen molar-refractivity contribution in [2.45, 2.75) is 70.5 Å². The van der Waals surface area contributed by atoms with Gasteiger partial charge >= 0.3 is 0 Å². The van der Waals surface area contributed by atoms with Gasteiger partial charge in [-0.2, -0.15) is 0 Å². The van der Waals surface area contributed by atoms with Crippen molar-refractivity contribution >= 4 is 36.9 Å². The minimum atomic E-state index is -0.634. The standard InChI is InChI=1S/C16H31BN4O2S/c1-3-12(16(24)19-9-17)21-14(22)10(2)20-15(23)13(18)11-7-5-4-6-8-11/h10-13H,3-9,17-18H2,1-2H3,(H,19,24)(H,20,23)(H,21,22)/t10-,12-,13-/m0/s1. The van der Waals surface area contributed by atoms with Gasteiger partial charge in [0.2, 0.25) is 11.8 Å². The molecule has 136 valence electrons. The van der Waals surface area contributed by atoms with Crippen LogP contribution in [0, 0.1) is 5.92 Å². The Morgan fingerprint density at radius 3 is 2.38 bits per heavy atom. The molecule has 0 spiro atoms. The molecule has 1 saturated carbocycles. The fraction of sp³-hybridized carbons (Fsp3) is 0.812. The van der Waals surface area contributed by atoms with Crippen LogP contribution in [-0.2, 0) is 9.59 Å². The largest absolute Gasteiger partial charge is 0.386 e. The predicted molar refractivity (Wildman–Crippen MR) is 104 cm³/mol. The Morgan fingerprint density at radius 2 is 1.83 bits per heavy atom. The van der Waals surface area contributed by atoms with Crippen molar-refractivity contribution in [1.29, 1.82) is 0 Å². The van der Waals surface area contributed by atoms with Crippen LogP contribution in [0.3, 0.4) is 0 Å². The van der Waals surface area contributed by atoms with Crippen LogP contribution in [0.2, 0.25) is 0 Å². The van der Waals surface area contributed by atoms with Gasteiger partial charge in [-0.15, -0.1) is 0 Å². The number of nitrogens with one attached hydrogen (secondary N) is 3. The van der Waals surface area contributed by atoms with Gasteiger partial charge in [0.25, 0.3) is 0 Å². The van der Waals surface area contributed by atoms with Gasteiger partial charge in [-0.25, -0.2) is 0 Å². The van der Waals surface area contributed by atoms with Crippen LogP contribution in [0.4, 0.5) is 0 Å². The molecule has 1 aliphatic carbocycles. The summed E-state index contributed by atoms with van der Waals surface area (Å²) in [5, 5.41) is 8.67. The van der Waals surface area contributed by atoms with Gasteiger partial charge < -0.3 is 21.7 Å². The molecular formula is C16H31BN4O2S. The zero-order valence-electron chi connectivity index (χ0n) is 15.1. The number of thiocarbonyl (C=S) groups is 1. The van der Waals surface area contributed by atoms with E-state index >= 15 is 0 Å². The Morgan fingerprint density at radius 1 is 1.21 bits per heavy atom. The third-order valence-corrected chi connectivity index (χ3v) is 5.03.